The van der Waals surface area contributed by atoms with Crippen LogP contribution in [0.3, 0.4) is 0 Å². The van der Waals surface area contributed by atoms with Crippen LogP contribution in [0.15, 0.2) is 0 Å². The van der Waals surface area contributed by atoms with Crippen LogP contribution in [-0.4, -0.2) is 28.6 Å². The van der Waals surface area contributed by atoms with Gasteiger partial charge in [-0.15, -0.1) is 0 Å². The molecule has 0 aromatic heterocycles. The minimum absolute atomic E-state index is 0.866. The molecule has 0 aliphatic carbocycles. The highest BCUT2D eigenvalue weighted by molar-refractivity contribution is 8.03. The first-order valence-electron chi connectivity index (χ1n) is 1.61. The van der Waals surface area contributed by atoms with Gasteiger partial charge in [-0.2, -0.15) is 8.42 Å². The van der Waals surface area contributed by atoms with Gasteiger partial charge in [0, 0.05) is 0 Å². The van der Waals surface area contributed by atoms with Gasteiger partial charge in [0.25, 0.3) is 0 Å². The largest absolute Gasteiger partial charge is 0.469 e. The van der Waals surface area contributed by atoms with Gasteiger partial charge >= 0.3 is 15.3 Å². The molecule has 9 heavy (non-hydrogen) atoms. The van der Waals surface area contributed by atoms with Crippen LogP contribution in [0, 0.1) is 0 Å². The van der Waals surface area contributed by atoms with Crippen molar-refractivity contribution in [2.24, 2.45) is 5.84 Å². The first kappa shape index (κ1) is 8.30. The number of carboxylic acid groups (broad SMARTS) is 1. The van der Waals surface area contributed by atoms with E-state index in [1.807, 2.05) is 0 Å². The van der Waals surface area contributed by atoms with Crippen LogP contribution in [-0.2, 0) is 10.0 Å². The third-order valence-corrected chi connectivity index (χ3v) is 1.40. The number of rotatable bonds is 1. The molecular weight excluding hydrogens is 152 g/mol. The van der Waals surface area contributed by atoms with Gasteiger partial charge in [-0.05, 0) is 4.58 Å². The molecule has 0 heterocycles. The zero-order chi connectivity index (χ0) is 7.65. The van der Waals surface area contributed by atoms with E-state index in [0.717, 1.165) is 0 Å². The van der Waals surface area contributed by atoms with Gasteiger partial charge in [-0.25, -0.2) is 10.6 Å². The Kier molecular flexibility index (Phi) is 2.09. The van der Waals surface area contributed by atoms with E-state index >= 15 is 0 Å². The van der Waals surface area contributed by atoms with Crippen molar-refractivity contribution in [3.63, 3.8) is 0 Å². The van der Waals surface area contributed by atoms with Gasteiger partial charge in [-0.3, -0.25) is 5.21 Å². The minimum atomic E-state index is -4.73. The minimum Gasteiger partial charge on any atom is -0.469 e. The summed E-state index contributed by atoms with van der Waals surface area (Å²) in [6.07, 6.45) is 0. The van der Waals surface area contributed by atoms with Crippen LogP contribution in [0.5, 0.6) is 0 Å². The highest BCUT2D eigenvalue weighted by Gasteiger charge is 2.25. The molecule has 4 N–H and O–H groups in total. The lowest BCUT2D eigenvalue weighted by atomic mass is 11.6. The van der Waals surface area contributed by atoms with E-state index < -0.39 is 19.9 Å². The van der Waals surface area contributed by atoms with E-state index in [1.165, 1.54) is 0 Å². The van der Waals surface area contributed by atoms with Crippen molar-refractivity contribution in [1.82, 2.24) is 4.58 Å². The molecule has 0 aliphatic heterocycles. The Hall–Kier alpha value is -0.700. The SMILES string of the molecule is NN(O)S(=O)(=O)C(=O)O. The lowest BCUT2D eigenvalue weighted by Crippen LogP contribution is -2.37. The lowest BCUT2D eigenvalue weighted by Gasteiger charge is -2.01. The second kappa shape index (κ2) is 2.27. The molecule has 54 valence electrons. The molecule has 0 fully saturated rings. The number of nitrogens with zero attached hydrogens (tertiary/aromatic N) is 1. The van der Waals surface area contributed by atoms with Crippen molar-refractivity contribution in [2.75, 3.05) is 0 Å². The monoisotopic (exact) mass is 156 g/mol. The van der Waals surface area contributed by atoms with Crippen LogP contribution in [0.25, 0.3) is 0 Å². The summed E-state index contributed by atoms with van der Waals surface area (Å²) in [5.74, 6) is 4.19. The zero-order valence-electron chi connectivity index (χ0n) is 4.05. The average Bonchev–Trinajstić information content (AvgIpc) is 1.65. The Bertz CT molecular complexity index is 203. The van der Waals surface area contributed by atoms with Crippen LogP contribution in [0.4, 0.5) is 4.79 Å². The van der Waals surface area contributed by atoms with E-state index in [4.69, 9.17) is 10.3 Å². The summed E-state index contributed by atoms with van der Waals surface area (Å²) in [7, 11) is -4.73. The van der Waals surface area contributed by atoms with Gasteiger partial charge in [0.05, 0.1) is 0 Å². The molecule has 0 bridgehead atoms. The van der Waals surface area contributed by atoms with Crippen LogP contribution in [0.1, 0.15) is 0 Å². The Morgan fingerprint density at radius 3 is 1.89 bits per heavy atom. The van der Waals surface area contributed by atoms with Gasteiger partial charge in [0.15, 0.2) is 0 Å². The van der Waals surface area contributed by atoms with Crippen molar-refractivity contribution in [3.05, 3.63) is 0 Å². The van der Waals surface area contributed by atoms with Crippen LogP contribution in [0.2, 0.25) is 0 Å². The number of sulfonamides is 1. The quantitative estimate of drug-likeness (QED) is 0.315. The van der Waals surface area contributed by atoms with E-state index in [-0.39, 0.29) is 0 Å². The molecule has 0 rings (SSSR count). The van der Waals surface area contributed by atoms with Crippen molar-refractivity contribution in [3.8, 4) is 0 Å². The topological polar surface area (TPSA) is 121 Å². The van der Waals surface area contributed by atoms with Gasteiger partial charge < -0.3 is 5.11 Å². The summed E-state index contributed by atoms with van der Waals surface area (Å²) in [6.45, 7) is 0. The van der Waals surface area contributed by atoms with Gasteiger partial charge in [0.1, 0.15) is 0 Å². The Morgan fingerprint density at radius 1 is 1.56 bits per heavy atom. The number of nitrogens with two attached hydrogens (primary N) is 1. The van der Waals surface area contributed by atoms with E-state index in [1.54, 1.807) is 0 Å². The number of hydrogen-bond donors (Lipinski definition) is 3. The second-order valence-corrected chi connectivity index (χ2v) is 2.72. The highest BCUT2D eigenvalue weighted by atomic mass is 32.2. The summed E-state index contributed by atoms with van der Waals surface area (Å²) in [4.78, 5) is 9.59. The predicted octanol–water partition coefficient (Wildman–Crippen LogP) is -1.44. The summed E-state index contributed by atoms with van der Waals surface area (Å²) in [6, 6.07) is 0. The number of carbonyl (C=O) groups is 1. The molecule has 0 saturated heterocycles. The molecular formula is CH4N2O5S. The predicted molar refractivity (Wildman–Crippen MR) is 24.8 cm³/mol. The first-order chi connectivity index (χ1) is 3.89. The Morgan fingerprint density at radius 2 is 1.89 bits per heavy atom. The normalized spacial score (nSPS) is 11.9. The molecule has 0 aliphatic rings. The number of hydrazine groups is 1. The maximum Gasteiger partial charge on any atom is 0.440 e. The molecule has 8 heteroatoms. The summed E-state index contributed by atoms with van der Waals surface area (Å²) < 4.78 is 19.1. The molecule has 0 unspecified atom stereocenters. The zero-order valence-corrected chi connectivity index (χ0v) is 4.87. The van der Waals surface area contributed by atoms with Crippen molar-refractivity contribution >= 4 is 15.3 Å². The second-order valence-electron chi connectivity index (χ2n) is 1.04. The van der Waals surface area contributed by atoms with Crippen LogP contribution < -0.4 is 5.84 Å². The van der Waals surface area contributed by atoms with E-state index in [0.29, 0.717) is 0 Å². The first-order valence-corrected chi connectivity index (χ1v) is 3.05. The van der Waals surface area contributed by atoms with E-state index in [2.05, 4.69) is 5.84 Å². The van der Waals surface area contributed by atoms with Gasteiger partial charge in [-0.1, -0.05) is 0 Å². The molecule has 0 spiro atoms. The molecule has 0 saturated carbocycles. The standard InChI is InChI=1S/CH4N2O5S/c2-3(6)9(7,8)1(4)5/h6H,2H2,(H,4,5). The fraction of sp³-hybridized carbons (Fsp3) is 0. The Labute approximate surface area is 50.3 Å². The van der Waals surface area contributed by atoms with Crippen LogP contribution >= 0.6 is 0 Å². The summed E-state index contributed by atoms with van der Waals surface area (Å²) >= 11 is 0. The summed E-state index contributed by atoms with van der Waals surface area (Å²) in [5.41, 5.74) is 0. The highest BCUT2D eigenvalue weighted by Crippen LogP contribution is 1.90. The summed E-state index contributed by atoms with van der Waals surface area (Å²) in [5, 5.41) is 13.4. The third kappa shape index (κ3) is 1.61. The molecule has 0 atom stereocenters. The maximum absolute atomic E-state index is 9.98. The van der Waals surface area contributed by atoms with Crippen molar-refractivity contribution in [2.45, 2.75) is 0 Å². The average molecular weight is 156 g/mol. The molecule has 7 nitrogen and oxygen atoms in total. The fourth-order valence-corrected chi connectivity index (χ4v) is 0.240. The van der Waals surface area contributed by atoms with E-state index in [9.17, 15) is 13.2 Å². The third-order valence-electron chi connectivity index (χ3n) is 0.467. The Balaban J connectivity index is 4.63. The maximum atomic E-state index is 9.98. The lowest BCUT2D eigenvalue weighted by molar-refractivity contribution is 0.00303. The fourth-order valence-electron chi connectivity index (χ4n) is 0.0800. The smallest absolute Gasteiger partial charge is 0.440 e. The molecule has 0 aromatic carbocycles. The van der Waals surface area contributed by atoms with Gasteiger partial charge in [0.2, 0.25) is 0 Å². The van der Waals surface area contributed by atoms with Crippen molar-refractivity contribution < 1.29 is 23.5 Å². The molecule has 0 radical (unpaired) electrons. The van der Waals surface area contributed by atoms with Crippen molar-refractivity contribution in [1.29, 1.82) is 0 Å². The molecule has 0 amide bonds. The molecule has 0 aromatic rings. The number of hydrogen-bond acceptors (Lipinski definition) is 5.